The minimum atomic E-state index is -1.86. The van der Waals surface area contributed by atoms with Crippen LogP contribution >= 0.6 is 0 Å². The zero-order chi connectivity index (χ0) is 11.6. The number of benzene rings is 1. The van der Waals surface area contributed by atoms with Crippen molar-refractivity contribution in [3.05, 3.63) is 30.3 Å². The molecule has 1 atom stereocenters. The van der Waals surface area contributed by atoms with Crippen LogP contribution < -0.4 is 4.74 Å². The Bertz CT molecular complexity index is 414. The SMILES string of the molecule is O=C1CCC(Oc2ccccc2)(C(=O)O)O1. The first kappa shape index (κ1) is 10.5. The molecule has 0 amide bonds. The molecule has 2 rings (SSSR count). The number of carbonyl (C=O) groups is 2. The van der Waals surface area contributed by atoms with Gasteiger partial charge in [-0.1, -0.05) is 18.2 Å². The summed E-state index contributed by atoms with van der Waals surface area (Å²) in [5, 5.41) is 9.04. The van der Waals surface area contributed by atoms with Gasteiger partial charge >= 0.3 is 17.7 Å². The number of carboxylic acid groups (broad SMARTS) is 1. The van der Waals surface area contributed by atoms with Gasteiger partial charge in [-0.15, -0.1) is 0 Å². The Morgan fingerprint density at radius 2 is 2.06 bits per heavy atom. The molecular formula is C11H10O5. The van der Waals surface area contributed by atoms with Crippen molar-refractivity contribution >= 4 is 11.9 Å². The summed E-state index contributed by atoms with van der Waals surface area (Å²) in [5.74, 6) is -3.35. The number of esters is 1. The molecule has 0 bridgehead atoms. The summed E-state index contributed by atoms with van der Waals surface area (Å²) in [6.07, 6.45) is 0.0786. The molecule has 0 aromatic heterocycles. The van der Waals surface area contributed by atoms with Gasteiger partial charge < -0.3 is 14.6 Å². The first-order valence-corrected chi connectivity index (χ1v) is 4.82. The Labute approximate surface area is 91.6 Å². The van der Waals surface area contributed by atoms with E-state index in [4.69, 9.17) is 14.6 Å². The molecule has 16 heavy (non-hydrogen) atoms. The van der Waals surface area contributed by atoms with Crippen molar-refractivity contribution in [1.82, 2.24) is 0 Å². The van der Waals surface area contributed by atoms with Crippen molar-refractivity contribution < 1.29 is 24.2 Å². The fourth-order valence-corrected chi connectivity index (χ4v) is 1.50. The molecule has 1 heterocycles. The van der Waals surface area contributed by atoms with Gasteiger partial charge in [0.1, 0.15) is 5.75 Å². The number of aliphatic carboxylic acids is 1. The Balaban J connectivity index is 2.22. The third-order valence-corrected chi connectivity index (χ3v) is 2.29. The van der Waals surface area contributed by atoms with Crippen molar-refractivity contribution in [2.45, 2.75) is 18.6 Å². The average Bonchev–Trinajstić information content (AvgIpc) is 2.63. The number of rotatable bonds is 3. The maximum absolute atomic E-state index is 11.1. The highest BCUT2D eigenvalue weighted by Gasteiger charge is 2.50. The van der Waals surface area contributed by atoms with Crippen molar-refractivity contribution in [3.63, 3.8) is 0 Å². The van der Waals surface area contributed by atoms with Crippen molar-refractivity contribution in [3.8, 4) is 5.75 Å². The average molecular weight is 222 g/mol. The molecule has 1 aliphatic rings. The molecule has 1 fully saturated rings. The van der Waals surface area contributed by atoms with Crippen LogP contribution in [-0.2, 0) is 14.3 Å². The third kappa shape index (κ3) is 1.84. The van der Waals surface area contributed by atoms with E-state index in [1.165, 1.54) is 0 Å². The van der Waals surface area contributed by atoms with Gasteiger partial charge in [0.2, 0.25) is 0 Å². The van der Waals surface area contributed by atoms with Gasteiger partial charge in [-0.05, 0) is 12.1 Å². The van der Waals surface area contributed by atoms with Gasteiger partial charge in [0.15, 0.2) is 0 Å². The number of hydrogen-bond acceptors (Lipinski definition) is 4. The minimum absolute atomic E-state index is 0.0239. The Kier molecular flexibility index (Phi) is 2.52. The maximum atomic E-state index is 11.1. The zero-order valence-electron chi connectivity index (χ0n) is 8.38. The lowest BCUT2D eigenvalue weighted by Gasteiger charge is -2.23. The molecule has 1 N–H and O–H groups in total. The van der Waals surface area contributed by atoms with Crippen LogP contribution in [0.4, 0.5) is 0 Å². The van der Waals surface area contributed by atoms with Crippen LogP contribution in [0.2, 0.25) is 0 Å². The highest BCUT2D eigenvalue weighted by atomic mass is 16.7. The van der Waals surface area contributed by atoms with Crippen LogP contribution in [0.5, 0.6) is 5.75 Å². The molecule has 0 aliphatic carbocycles. The number of ether oxygens (including phenoxy) is 2. The molecule has 0 saturated carbocycles. The number of carboxylic acids is 1. The topological polar surface area (TPSA) is 72.8 Å². The highest BCUT2D eigenvalue weighted by molar-refractivity contribution is 5.84. The zero-order valence-corrected chi connectivity index (χ0v) is 8.38. The standard InChI is InChI=1S/C11H10O5/c12-9-6-7-11(16-9,10(13)14)15-8-4-2-1-3-5-8/h1-5H,6-7H2,(H,13,14). The van der Waals surface area contributed by atoms with Crippen LogP contribution in [0.1, 0.15) is 12.8 Å². The van der Waals surface area contributed by atoms with E-state index < -0.39 is 17.7 Å². The minimum Gasteiger partial charge on any atom is -0.475 e. The predicted molar refractivity (Wildman–Crippen MR) is 52.8 cm³/mol. The summed E-state index contributed by atoms with van der Waals surface area (Å²) in [5.41, 5.74) is 0. The van der Waals surface area contributed by atoms with E-state index in [2.05, 4.69) is 0 Å². The van der Waals surface area contributed by atoms with Gasteiger partial charge in [-0.25, -0.2) is 4.79 Å². The summed E-state index contributed by atoms with van der Waals surface area (Å²) in [6, 6.07) is 8.41. The van der Waals surface area contributed by atoms with Crippen LogP contribution in [0.3, 0.4) is 0 Å². The Morgan fingerprint density at radius 3 is 2.56 bits per heavy atom. The predicted octanol–water partition coefficient (Wildman–Crippen LogP) is 1.18. The van der Waals surface area contributed by atoms with E-state index in [9.17, 15) is 9.59 Å². The van der Waals surface area contributed by atoms with Crippen molar-refractivity contribution in [2.75, 3.05) is 0 Å². The molecule has 1 unspecified atom stereocenters. The molecular weight excluding hydrogens is 212 g/mol. The van der Waals surface area contributed by atoms with Gasteiger partial charge in [0, 0.05) is 6.42 Å². The molecule has 84 valence electrons. The molecule has 5 heteroatoms. The number of carbonyl (C=O) groups excluding carboxylic acids is 1. The first-order valence-electron chi connectivity index (χ1n) is 4.82. The lowest BCUT2D eigenvalue weighted by molar-refractivity contribution is -0.201. The van der Waals surface area contributed by atoms with E-state index >= 15 is 0 Å². The monoisotopic (exact) mass is 222 g/mol. The van der Waals surface area contributed by atoms with E-state index in [1.807, 2.05) is 0 Å². The summed E-state index contributed by atoms with van der Waals surface area (Å²) in [7, 11) is 0. The molecule has 1 aromatic rings. The van der Waals surface area contributed by atoms with Crippen LogP contribution in [-0.4, -0.2) is 22.8 Å². The van der Waals surface area contributed by atoms with Crippen LogP contribution in [0, 0.1) is 0 Å². The maximum Gasteiger partial charge on any atom is 0.390 e. The summed E-state index contributed by atoms with van der Waals surface area (Å²) >= 11 is 0. The summed E-state index contributed by atoms with van der Waals surface area (Å²) in [4.78, 5) is 22.1. The quantitative estimate of drug-likeness (QED) is 0.777. The van der Waals surface area contributed by atoms with Crippen molar-refractivity contribution in [1.29, 1.82) is 0 Å². The smallest absolute Gasteiger partial charge is 0.390 e. The molecule has 1 saturated heterocycles. The number of cyclic esters (lactones) is 1. The third-order valence-electron chi connectivity index (χ3n) is 2.29. The molecule has 5 nitrogen and oxygen atoms in total. The van der Waals surface area contributed by atoms with E-state index in [0.717, 1.165) is 0 Å². The van der Waals surface area contributed by atoms with Crippen molar-refractivity contribution in [2.24, 2.45) is 0 Å². The second-order valence-electron chi connectivity index (χ2n) is 3.45. The largest absolute Gasteiger partial charge is 0.475 e. The molecule has 1 aliphatic heterocycles. The van der Waals surface area contributed by atoms with Crippen LogP contribution in [0.25, 0.3) is 0 Å². The lowest BCUT2D eigenvalue weighted by Crippen LogP contribution is -2.44. The normalized spacial score (nSPS) is 23.9. The Morgan fingerprint density at radius 1 is 1.38 bits per heavy atom. The first-order chi connectivity index (χ1) is 7.62. The fourth-order valence-electron chi connectivity index (χ4n) is 1.50. The van der Waals surface area contributed by atoms with Gasteiger partial charge in [-0.2, -0.15) is 0 Å². The molecule has 1 aromatic carbocycles. The second kappa shape index (κ2) is 3.84. The van der Waals surface area contributed by atoms with Crippen LogP contribution in [0.15, 0.2) is 30.3 Å². The molecule has 0 radical (unpaired) electrons. The summed E-state index contributed by atoms with van der Waals surface area (Å²) < 4.78 is 10.0. The number of hydrogen-bond donors (Lipinski definition) is 1. The second-order valence-corrected chi connectivity index (χ2v) is 3.45. The number of para-hydroxylation sites is 1. The highest BCUT2D eigenvalue weighted by Crippen LogP contribution is 2.30. The van der Waals surface area contributed by atoms with E-state index in [0.29, 0.717) is 5.75 Å². The van der Waals surface area contributed by atoms with E-state index in [-0.39, 0.29) is 12.8 Å². The lowest BCUT2D eigenvalue weighted by atomic mass is 10.2. The van der Waals surface area contributed by atoms with E-state index in [1.54, 1.807) is 30.3 Å². The van der Waals surface area contributed by atoms with Gasteiger partial charge in [0.25, 0.3) is 0 Å². The van der Waals surface area contributed by atoms with Gasteiger partial charge in [0.05, 0.1) is 6.42 Å². The summed E-state index contributed by atoms with van der Waals surface area (Å²) in [6.45, 7) is 0. The van der Waals surface area contributed by atoms with Gasteiger partial charge in [-0.3, -0.25) is 4.79 Å². The molecule has 0 spiro atoms. The Hall–Kier alpha value is -2.04. The fraction of sp³-hybridized carbons (Fsp3) is 0.273.